The summed E-state index contributed by atoms with van der Waals surface area (Å²) in [5.74, 6) is 3.01. The van der Waals surface area contributed by atoms with Crippen LogP contribution < -0.4 is 4.74 Å². The number of aryl methyl sites for hydroxylation is 1. The van der Waals surface area contributed by atoms with Gasteiger partial charge in [0.2, 0.25) is 0 Å². The van der Waals surface area contributed by atoms with Gasteiger partial charge in [-0.3, -0.25) is 0 Å². The Balaban J connectivity index is 1.92. The van der Waals surface area contributed by atoms with Crippen molar-refractivity contribution in [3.63, 3.8) is 0 Å². The SMILES string of the molecule is COc1c(-c2ccc(C)cc2)cbc2c(-c3ccc(C#N)cc3)cccc12. The van der Waals surface area contributed by atoms with E-state index in [0.29, 0.717) is 5.56 Å². The van der Waals surface area contributed by atoms with E-state index in [-0.39, 0.29) is 0 Å². The van der Waals surface area contributed by atoms with Gasteiger partial charge in [0.25, 0.3) is 0 Å². The summed E-state index contributed by atoms with van der Waals surface area (Å²) in [5.41, 5.74) is 6.35. The Kier molecular flexibility index (Phi) is 4.48. The Morgan fingerprint density at radius 3 is 2.19 bits per heavy atom. The molecular formula is C24H18BNO. The summed E-state index contributed by atoms with van der Waals surface area (Å²) in [4.78, 5) is 0. The molecule has 0 radical (unpaired) electrons. The number of benzene rings is 3. The molecule has 3 aromatic carbocycles. The van der Waals surface area contributed by atoms with Gasteiger partial charge in [-0.1, -0.05) is 0 Å². The first-order valence-electron chi connectivity index (χ1n) is 8.88. The molecule has 4 rings (SSSR count). The number of hydrogen-bond donors (Lipinski definition) is 0. The van der Waals surface area contributed by atoms with Crippen LogP contribution >= 0.6 is 0 Å². The van der Waals surface area contributed by atoms with Gasteiger partial charge in [-0.15, -0.1) is 0 Å². The van der Waals surface area contributed by atoms with E-state index in [1.54, 1.807) is 7.11 Å². The van der Waals surface area contributed by atoms with E-state index in [0.717, 1.165) is 38.7 Å². The van der Waals surface area contributed by atoms with Crippen LogP contribution in [0.25, 0.3) is 32.9 Å². The summed E-state index contributed by atoms with van der Waals surface area (Å²) in [6, 6.07) is 24.6. The van der Waals surface area contributed by atoms with E-state index in [9.17, 15) is 0 Å². The molecule has 0 aliphatic rings. The van der Waals surface area contributed by atoms with Crippen molar-refractivity contribution in [2.24, 2.45) is 0 Å². The van der Waals surface area contributed by atoms with Crippen LogP contribution in [0.5, 0.6) is 5.75 Å². The Bertz CT molecular complexity index is 1160. The summed E-state index contributed by atoms with van der Waals surface area (Å²) < 4.78 is 5.83. The van der Waals surface area contributed by atoms with E-state index >= 15 is 0 Å². The van der Waals surface area contributed by atoms with Gasteiger partial charge in [-0.05, 0) is 0 Å². The molecule has 0 amide bonds. The molecule has 0 unspecified atom stereocenters. The number of hydrogen-bond acceptors (Lipinski definition) is 2. The summed E-state index contributed by atoms with van der Waals surface area (Å²) in [6.07, 6.45) is 0. The molecule has 0 aliphatic heterocycles. The van der Waals surface area contributed by atoms with Crippen molar-refractivity contribution in [1.29, 1.82) is 5.26 Å². The minimum atomic E-state index is 0.665. The molecule has 0 fully saturated rings. The average Bonchev–Trinajstić information content (AvgIpc) is 2.73. The van der Waals surface area contributed by atoms with E-state index in [1.807, 2.05) is 24.3 Å². The van der Waals surface area contributed by atoms with Crippen LogP contribution in [0.3, 0.4) is 0 Å². The van der Waals surface area contributed by atoms with Crippen LogP contribution in [-0.4, -0.2) is 14.0 Å². The Morgan fingerprint density at radius 2 is 1.52 bits per heavy atom. The zero-order chi connectivity index (χ0) is 18.8. The van der Waals surface area contributed by atoms with Gasteiger partial charge in [-0.25, -0.2) is 0 Å². The number of ether oxygens (including phenoxy) is 1. The molecule has 1 heterocycles. The van der Waals surface area contributed by atoms with Crippen LogP contribution in [0.15, 0.2) is 72.7 Å². The van der Waals surface area contributed by atoms with Crippen LogP contribution in [0, 0.1) is 18.3 Å². The zero-order valence-corrected chi connectivity index (χ0v) is 15.4. The molecule has 1 aromatic heterocycles. The molecule has 2 nitrogen and oxygen atoms in total. The van der Waals surface area contributed by atoms with Crippen LogP contribution in [0.2, 0.25) is 0 Å². The van der Waals surface area contributed by atoms with Gasteiger partial charge in [0.1, 0.15) is 0 Å². The normalized spacial score (nSPS) is 10.4. The fourth-order valence-corrected chi connectivity index (χ4v) is 3.49. The standard InChI is InChI=1S/C24H18BNO/c1-16-6-10-19(11-7-16)22-14-25-23-20(4-3-5-21(23)24(22)27-2)18-12-8-17(15-26)9-13-18/h3-14H,1-2H3. The molecule has 4 aromatic rings. The molecule has 0 saturated carbocycles. The second-order valence-corrected chi connectivity index (χ2v) is 6.60. The third kappa shape index (κ3) is 3.11. The first-order chi connectivity index (χ1) is 13.2. The first-order valence-corrected chi connectivity index (χ1v) is 8.88. The molecule has 0 spiro atoms. The zero-order valence-electron chi connectivity index (χ0n) is 15.4. The average molecular weight is 347 g/mol. The van der Waals surface area contributed by atoms with Crippen molar-refractivity contribution in [1.82, 2.24) is 0 Å². The number of methoxy groups -OCH3 is 1. The number of nitrogens with zero attached hydrogens (tertiary/aromatic N) is 1. The fraction of sp³-hybridized carbons (Fsp3) is 0.0833. The molecular weight excluding hydrogens is 329 g/mol. The van der Waals surface area contributed by atoms with E-state index in [2.05, 4.69) is 68.3 Å². The maximum atomic E-state index is 9.03. The number of fused-ring (bicyclic) bond motifs is 1. The molecule has 27 heavy (non-hydrogen) atoms. The second-order valence-electron chi connectivity index (χ2n) is 6.60. The van der Waals surface area contributed by atoms with Crippen LogP contribution in [0.1, 0.15) is 11.1 Å². The van der Waals surface area contributed by atoms with E-state index < -0.39 is 0 Å². The third-order valence-electron chi connectivity index (χ3n) is 4.90. The van der Waals surface area contributed by atoms with Gasteiger partial charge in [0, 0.05) is 0 Å². The summed E-state index contributed by atoms with van der Waals surface area (Å²) >= 11 is 0. The summed E-state index contributed by atoms with van der Waals surface area (Å²) in [7, 11) is 1.72. The molecule has 0 N–H and O–H groups in total. The van der Waals surface area contributed by atoms with Crippen LogP contribution in [0.4, 0.5) is 0 Å². The topological polar surface area (TPSA) is 33.0 Å². The van der Waals surface area contributed by atoms with Gasteiger partial charge in [-0.2, -0.15) is 0 Å². The fourth-order valence-electron chi connectivity index (χ4n) is 3.49. The monoisotopic (exact) mass is 347 g/mol. The maximum absolute atomic E-state index is 9.03. The van der Waals surface area contributed by atoms with E-state index in [1.165, 1.54) is 5.56 Å². The van der Waals surface area contributed by atoms with Gasteiger partial charge >= 0.3 is 160 Å². The van der Waals surface area contributed by atoms with Crippen molar-refractivity contribution in [2.45, 2.75) is 6.92 Å². The molecule has 128 valence electrons. The number of rotatable bonds is 3. The van der Waals surface area contributed by atoms with Crippen molar-refractivity contribution in [3.8, 4) is 34.1 Å². The number of nitriles is 1. The Morgan fingerprint density at radius 1 is 0.852 bits per heavy atom. The molecule has 0 bridgehead atoms. The summed E-state index contributed by atoms with van der Waals surface area (Å²) in [5, 5.41) is 11.2. The summed E-state index contributed by atoms with van der Waals surface area (Å²) in [6.45, 7) is 4.24. The molecule has 0 atom stereocenters. The van der Waals surface area contributed by atoms with Gasteiger partial charge in [0.15, 0.2) is 0 Å². The molecule has 3 heteroatoms. The van der Waals surface area contributed by atoms with E-state index in [4.69, 9.17) is 10.00 Å². The van der Waals surface area contributed by atoms with Gasteiger partial charge < -0.3 is 0 Å². The predicted molar refractivity (Wildman–Crippen MR) is 112 cm³/mol. The van der Waals surface area contributed by atoms with Crippen molar-refractivity contribution >= 4 is 17.6 Å². The van der Waals surface area contributed by atoms with Crippen molar-refractivity contribution in [3.05, 3.63) is 83.8 Å². The quantitative estimate of drug-likeness (QED) is 0.476. The van der Waals surface area contributed by atoms with Gasteiger partial charge in [0.05, 0.1) is 0 Å². The van der Waals surface area contributed by atoms with Crippen molar-refractivity contribution < 1.29 is 4.74 Å². The Labute approximate surface area is 159 Å². The van der Waals surface area contributed by atoms with Crippen LogP contribution in [-0.2, 0) is 0 Å². The second kappa shape index (κ2) is 7.09. The molecule has 0 aliphatic carbocycles. The molecule has 0 saturated heterocycles. The minimum absolute atomic E-state index is 0.665. The third-order valence-corrected chi connectivity index (χ3v) is 4.90. The first kappa shape index (κ1) is 17.1. The predicted octanol–water partition coefficient (Wildman–Crippen LogP) is 5.70. The van der Waals surface area contributed by atoms with Crippen molar-refractivity contribution in [2.75, 3.05) is 7.11 Å². The Hall–Kier alpha value is -3.38.